The lowest BCUT2D eigenvalue weighted by Gasteiger charge is -1.99. The van der Waals surface area contributed by atoms with Gasteiger partial charge in [0, 0.05) is 0 Å². The van der Waals surface area contributed by atoms with Gasteiger partial charge in [0.2, 0.25) is 0 Å². The lowest BCUT2D eigenvalue weighted by molar-refractivity contribution is 0.490. The molecule has 0 atom stereocenters. The Morgan fingerprint density at radius 3 is 2.33 bits per heavy atom. The minimum atomic E-state index is -3.75. The summed E-state index contributed by atoms with van der Waals surface area (Å²) in [5, 5.41) is 6.48. The van der Waals surface area contributed by atoms with E-state index in [4.69, 9.17) is 5.41 Å². The molecule has 0 aromatic heterocycles. The molecule has 12 heavy (non-hydrogen) atoms. The second-order valence-electron chi connectivity index (χ2n) is 1.98. The highest BCUT2D eigenvalue weighted by Gasteiger charge is 2.12. The van der Waals surface area contributed by atoms with E-state index < -0.39 is 10.1 Å². The number of hydrogen-bond acceptors (Lipinski definition) is 4. The molecule has 1 N–H and O–H groups in total. The third kappa shape index (κ3) is 1.82. The van der Waals surface area contributed by atoms with Gasteiger partial charge in [0.15, 0.2) is 6.40 Å². The van der Waals surface area contributed by atoms with Crippen LogP contribution in [0.25, 0.3) is 0 Å². The predicted molar refractivity (Wildman–Crippen MR) is 43.5 cm³/mol. The molecule has 0 fully saturated rings. The standard InChI is InChI=1S/C7H7NO3S/c8-6-11-12(9,10)7-4-2-1-3-5-7/h1-6,8H. The quantitative estimate of drug-likeness (QED) is 0.434. The molecule has 0 spiro atoms. The summed E-state index contributed by atoms with van der Waals surface area (Å²) in [4.78, 5) is 0.0495. The molecule has 1 rings (SSSR count). The zero-order valence-corrected chi connectivity index (χ0v) is 6.91. The van der Waals surface area contributed by atoms with Crippen LogP contribution in [-0.4, -0.2) is 14.8 Å². The summed E-state index contributed by atoms with van der Waals surface area (Å²) in [7, 11) is -3.75. The zero-order chi connectivity index (χ0) is 9.03. The number of nitrogens with one attached hydrogen (secondary N) is 1. The first kappa shape index (κ1) is 8.73. The van der Waals surface area contributed by atoms with Crippen molar-refractivity contribution in [2.24, 2.45) is 0 Å². The molecular weight excluding hydrogens is 178 g/mol. The average molecular weight is 185 g/mol. The van der Waals surface area contributed by atoms with Crippen LogP contribution in [0.5, 0.6) is 0 Å². The fraction of sp³-hybridized carbons (Fsp3) is 0. The van der Waals surface area contributed by atoms with Crippen LogP contribution in [-0.2, 0) is 14.3 Å². The third-order valence-corrected chi connectivity index (χ3v) is 2.41. The van der Waals surface area contributed by atoms with Gasteiger partial charge in [0.1, 0.15) is 4.90 Å². The molecule has 0 aliphatic rings. The Morgan fingerprint density at radius 2 is 1.83 bits per heavy atom. The van der Waals surface area contributed by atoms with Crippen LogP contribution in [0, 0.1) is 5.41 Å². The van der Waals surface area contributed by atoms with Gasteiger partial charge in [0.05, 0.1) is 0 Å². The molecule has 1 aromatic carbocycles. The minimum absolute atomic E-state index is 0.0495. The zero-order valence-electron chi connectivity index (χ0n) is 6.10. The molecule has 0 saturated carbocycles. The van der Waals surface area contributed by atoms with Crippen LogP contribution in [0.3, 0.4) is 0 Å². The highest BCUT2D eigenvalue weighted by atomic mass is 32.2. The van der Waals surface area contributed by atoms with E-state index in [9.17, 15) is 8.42 Å². The van der Waals surface area contributed by atoms with Gasteiger partial charge in [0.25, 0.3) is 0 Å². The molecule has 0 aliphatic carbocycles. The molecular formula is C7H7NO3S. The number of benzene rings is 1. The van der Waals surface area contributed by atoms with Crippen molar-refractivity contribution < 1.29 is 12.6 Å². The van der Waals surface area contributed by atoms with Crippen molar-refractivity contribution in [1.82, 2.24) is 0 Å². The average Bonchev–Trinajstić information content (AvgIpc) is 2.06. The maximum absolute atomic E-state index is 11.1. The Morgan fingerprint density at radius 1 is 1.25 bits per heavy atom. The summed E-state index contributed by atoms with van der Waals surface area (Å²) in [5.74, 6) is 0. The summed E-state index contributed by atoms with van der Waals surface area (Å²) in [6.07, 6.45) is 0.391. The molecule has 64 valence electrons. The molecule has 0 bridgehead atoms. The van der Waals surface area contributed by atoms with Crippen LogP contribution in [0.1, 0.15) is 0 Å². The van der Waals surface area contributed by atoms with Gasteiger partial charge < -0.3 is 4.18 Å². The minimum Gasteiger partial charge on any atom is -0.367 e. The maximum Gasteiger partial charge on any atom is 0.340 e. The van der Waals surface area contributed by atoms with Gasteiger partial charge >= 0.3 is 10.1 Å². The Bertz CT molecular complexity index is 357. The lowest BCUT2D eigenvalue weighted by atomic mass is 10.4. The van der Waals surface area contributed by atoms with Crippen LogP contribution in [0.2, 0.25) is 0 Å². The first-order chi connectivity index (χ1) is 5.67. The Labute approximate surface area is 70.4 Å². The summed E-state index contributed by atoms with van der Waals surface area (Å²) in [6.45, 7) is 0. The topological polar surface area (TPSA) is 67.2 Å². The summed E-state index contributed by atoms with van der Waals surface area (Å²) in [6, 6.07) is 7.67. The molecule has 0 saturated heterocycles. The highest BCUT2D eigenvalue weighted by molar-refractivity contribution is 7.87. The van der Waals surface area contributed by atoms with Crippen molar-refractivity contribution in [3.8, 4) is 0 Å². The van der Waals surface area contributed by atoms with E-state index >= 15 is 0 Å². The first-order valence-corrected chi connectivity index (χ1v) is 4.55. The van der Waals surface area contributed by atoms with Crippen LogP contribution < -0.4 is 0 Å². The smallest absolute Gasteiger partial charge is 0.340 e. The van der Waals surface area contributed by atoms with E-state index in [-0.39, 0.29) is 4.90 Å². The molecule has 5 heteroatoms. The summed E-state index contributed by atoms with van der Waals surface area (Å²) < 4.78 is 26.2. The van der Waals surface area contributed by atoms with E-state index in [1.807, 2.05) is 0 Å². The maximum atomic E-state index is 11.1. The third-order valence-electron chi connectivity index (χ3n) is 1.21. The summed E-state index contributed by atoms with van der Waals surface area (Å²) >= 11 is 0. The highest BCUT2D eigenvalue weighted by Crippen LogP contribution is 2.09. The molecule has 0 amide bonds. The second kappa shape index (κ2) is 3.36. The van der Waals surface area contributed by atoms with E-state index in [0.29, 0.717) is 6.40 Å². The Balaban J connectivity index is 3.07. The molecule has 1 aromatic rings. The fourth-order valence-electron chi connectivity index (χ4n) is 0.706. The van der Waals surface area contributed by atoms with E-state index in [1.165, 1.54) is 12.1 Å². The van der Waals surface area contributed by atoms with Crippen molar-refractivity contribution in [2.75, 3.05) is 0 Å². The van der Waals surface area contributed by atoms with Crippen molar-refractivity contribution >= 4 is 16.5 Å². The molecule has 0 heterocycles. The lowest BCUT2D eigenvalue weighted by Crippen LogP contribution is -2.03. The Kier molecular flexibility index (Phi) is 2.44. The second-order valence-corrected chi connectivity index (χ2v) is 3.55. The molecule has 0 radical (unpaired) electrons. The molecule has 4 nitrogen and oxygen atoms in total. The number of hydrogen-bond donors (Lipinski definition) is 1. The summed E-state index contributed by atoms with van der Waals surface area (Å²) in [5.41, 5.74) is 0. The van der Waals surface area contributed by atoms with Crippen molar-refractivity contribution in [2.45, 2.75) is 4.90 Å². The molecule has 0 unspecified atom stereocenters. The predicted octanol–water partition coefficient (Wildman–Crippen LogP) is 0.999. The van der Waals surface area contributed by atoms with Gasteiger partial charge in [-0.3, -0.25) is 5.41 Å². The van der Waals surface area contributed by atoms with Crippen molar-refractivity contribution in [3.05, 3.63) is 30.3 Å². The van der Waals surface area contributed by atoms with Gasteiger partial charge in [-0.15, -0.1) is 0 Å². The van der Waals surface area contributed by atoms with Gasteiger partial charge in [-0.25, -0.2) is 0 Å². The van der Waals surface area contributed by atoms with Crippen LogP contribution >= 0.6 is 0 Å². The number of rotatable bonds is 3. The van der Waals surface area contributed by atoms with Crippen LogP contribution in [0.4, 0.5) is 0 Å². The van der Waals surface area contributed by atoms with E-state index in [0.717, 1.165) is 0 Å². The van der Waals surface area contributed by atoms with Crippen molar-refractivity contribution in [1.29, 1.82) is 5.41 Å². The monoisotopic (exact) mass is 185 g/mol. The van der Waals surface area contributed by atoms with Gasteiger partial charge in [-0.2, -0.15) is 8.42 Å². The Hall–Kier alpha value is -1.36. The van der Waals surface area contributed by atoms with Gasteiger partial charge in [-0.05, 0) is 12.1 Å². The first-order valence-electron chi connectivity index (χ1n) is 3.14. The normalized spacial score (nSPS) is 10.7. The van der Waals surface area contributed by atoms with Crippen LogP contribution in [0.15, 0.2) is 35.2 Å². The van der Waals surface area contributed by atoms with E-state index in [2.05, 4.69) is 4.18 Å². The van der Waals surface area contributed by atoms with Crippen molar-refractivity contribution in [3.63, 3.8) is 0 Å². The largest absolute Gasteiger partial charge is 0.367 e. The SMILES string of the molecule is N=COS(=O)(=O)c1ccccc1. The molecule has 0 aliphatic heterocycles. The van der Waals surface area contributed by atoms with Gasteiger partial charge in [-0.1, -0.05) is 18.2 Å². The fourth-order valence-corrected chi connectivity index (χ4v) is 1.43. The van der Waals surface area contributed by atoms with E-state index in [1.54, 1.807) is 18.2 Å².